The first kappa shape index (κ1) is 14.6. The molecule has 0 heterocycles. The van der Waals surface area contributed by atoms with Crippen LogP contribution in [-0.2, 0) is 9.47 Å². The first-order valence-corrected chi connectivity index (χ1v) is 6.60. The molecule has 3 nitrogen and oxygen atoms in total. The number of methoxy groups -OCH3 is 1. The van der Waals surface area contributed by atoms with Crippen LogP contribution < -0.4 is 5.73 Å². The fourth-order valence-electron chi connectivity index (χ4n) is 1.68. The van der Waals surface area contributed by atoms with E-state index in [2.05, 4.69) is 22.0 Å². The highest BCUT2D eigenvalue weighted by atomic mass is 79.9. The minimum absolute atomic E-state index is 0.341. The maximum absolute atomic E-state index is 5.81. The van der Waals surface area contributed by atoms with E-state index < -0.39 is 0 Å². The third-order valence-electron chi connectivity index (χ3n) is 2.67. The smallest absolute Gasteiger partial charge is 0.0700 e. The first-order chi connectivity index (χ1) is 8.29. The lowest BCUT2D eigenvalue weighted by molar-refractivity contribution is 0.0672. The fourth-order valence-corrected chi connectivity index (χ4v) is 2.28. The van der Waals surface area contributed by atoms with Gasteiger partial charge in [-0.3, -0.25) is 0 Å². The Bertz CT molecular complexity index is 320. The Labute approximate surface area is 111 Å². The molecule has 1 aromatic rings. The maximum Gasteiger partial charge on any atom is 0.0700 e. The molecule has 0 aromatic heterocycles. The molecule has 0 saturated heterocycles. The van der Waals surface area contributed by atoms with E-state index in [1.807, 2.05) is 18.2 Å². The van der Waals surface area contributed by atoms with Gasteiger partial charge in [0.25, 0.3) is 0 Å². The first-order valence-electron chi connectivity index (χ1n) is 5.80. The van der Waals surface area contributed by atoms with Crippen molar-refractivity contribution >= 4 is 15.9 Å². The van der Waals surface area contributed by atoms with Crippen LogP contribution in [0.3, 0.4) is 0 Å². The van der Waals surface area contributed by atoms with E-state index in [0.717, 1.165) is 10.9 Å². The Kier molecular flexibility index (Phi) is 7.44. The quantitative estimate of drug-likeness (QED) is 0.751. The highest BCUT2D eigenvalue weighted by molar-refractivity contribution is 9.10. The summed E-state index contributed by atoms with van der Waals surface area (Å²) in [5.41, 5.74) is 7.07. The van der Waals surface area contributed by atoms with Gasteiger partial charge >= 0.3 is 0 Å². The van der Waals surface area contributed by atoms with E-state index in [9.17, 15) is 0 Å². The van der Waals surface area contributed by atoms with Gasteiger partial charge in [0.1, 0.15) is 0 Å². The molecule has 0 aliphatic heterocycles. The minimum Gasteiger partial charge on any atom is -0.382 e. The highest BCUT2D eigenvalue weighted by Crippen LogP contribution is 2.26. The van der Waals surface area contributed by atoms with E-state index in [1.165, 1.54) is 5.56 Å². The zero-order valence-corrected chi connectivity index (χ0v) is 11.8. The Hall–Kier alpha value is -0.420. The summed E-state index contributed by atoms with van der Waals surface area (Å²) in [6, 6.07) is 8.20. The van der Waals surface area contributed by atoms with Gasteiger partial charge in [0.05, 0.1) is 13.2 Å². The van der Waals surface area contributed by atoms with E-state index in [0.29, 0.717) is 32.3 Å². The summed E-state index contributed by atoms with van der Waals surface area (Å²) in [5, 5.41) is 0. The van der Waals surface area contributed by atoms with Crippen molar-refractivity contribution in [2.45, 2.75) is 12.3 Å². The van der Waals surface area contributed by atoms with Crippen molar-refractivity contribution in [2.24, 2.45) is 5.73 Å². The Morgan fingerprint density at radius 3 is 2.65 bits per heavy atom. The summed E-state index contributed by atoms with van der Waals surface area (Å²) in [6.45, 7) is 2.63. The van der Waals surface area contributed by atoms with Crippen LogP contribution in [0.25, 0.3) is 0 Å². The van der Waals surface area contributed by atoms with Crippen LogP contribution in [0.4, 0.5) is 0 Å². The van der Waals surface area contributed by atoms with Gasteiger partial charge in [0, 0.05) is 18.2 Å². The fraction of sp³-hybridized carbons (Fsp3) is 0.538. The molecule has 1 atom stereocenters. The van der Waals surface area contributed by atoms with Gasteiger partial charge in [-0.05, 0) is 30.5 Å². The molecule has 2 N–H and O–H groups in total. The molecule has 0 bridgehead atoms. The molecule has 1 rings (SSSR count). The van der Waals surface area contributed by atoms with Gasteiger partial charge in [-0.2, -0.15) is 0 Å². The Morgan fingerprint density at radius 2 is 2.00 bits per heavy atom. The van der Waals surface area contributed by atoms with Crippen LogP contribution in [0.15, 0.2) is 28.7 Å². The third-order valence-corrected chi connectivity index (χ3v) is 3.39. The largest absolute Gasteiger partial charge is 0.382 e. The summed E-state index contributed by atoms with van der Waals surface area (Å²) >= 11 is 3.56. The molecule has 0 amide bonds. The second kappa shape index (κ2) is 8.64. The molecule has 0 spiro atoms. The molecule has 0 aliphatic carbocycles. The van der Waals surface area contributed by atoms with Gasteiger partial charge in [0.2, 0.25) is 0 Å². The number of hydrogen-bond donors (Lipinski definition) is 1. The van der Waals surface area contributed by atoms with Crippen LogP contribution in [0.2, 0.25) is 0 Å². The average molecular weight is 302 g/mol. The molecule has 0 radical (unpaired) electrons. The summed E-state index contributed by atoms with van der Waals surface area (Å²) in [5.74, 6) is 0.341. The van der Waals surface area contributed by atoms with Crippen LogP contribution >= 0.6 is 15.9 Å². The van der Waals surface area contributed by atoms with Crippen molar-refractivity contribution in [3.63, 3.8) is 0 Å². The van der Waals surface area contributed by atoms with E-state index in [-0.39, 0.29) is 0 Å². The summed E-state index contributed by atoms with van der Waals surface area (Å²) in [7, 11) is 1.67. The normalized spacial score (nSPS) is 12.6. The van der Waals surface area contributed by atoms with Gasteiger partial charge in [-0.15, -0.1) is 0 Å². The number of ether oxygens (including phenoxy) is 2. The number of benzene rings is 1. The number of hydrogen-bond acceptors (Lipinski definition) is 3. The predicted molar refractivity (Wildman–Crippen MR) is 73.2 cm³/mol. The van der Waals surface area contributed by atoms with E-state index in [1.54, 1.807) is 7.11 Å². The molecular weight excluding hydrogens is 282 g/mol. The van der Waals surface area contributed by atoms with Crippen molar-refractivity contribution in [3.05, 3.63) is 34.3 Å². The van der Waals surface area contributed by atoms with Gasteiger partial charge in [0.15, 0.2) is 0 Å². The van der Waals surface area contributed by atoms with Crippen molar-refractivity contribution in [3.8, 4) is 0 Å². The lowest BCUT2D eigenvalue weighted by atomic mass is 9.96. The number of halogens is 1. The van der Waals surface area contributed by atoms with Crippen LogP contribution in [0.5, 0.6) is 0 Å². The minimum atomic E-state index is 0.341. The van der Waals surface area contributed by atoms with Crippen LogP contribution in [-0.4, -0.2) is 33.5 Å². The van der Waals surface area contributed by atoms with Gasteiger partial charge in [-0.1, -0.05) is 34.1 Å². The molecule has 0 fully saturated rings. The van der Waals surface area contributed by atoms with Gasteiger partial charge in [-0.25, -0.2) is 0 Å². The zero-order valence-electron chi connectivity index (χ0n) is 10.2. The van der Waals surface area contributed by atoms with Crippen molar-refractivity contribution < 1.29 is 9.47 Å². The Morgan fingerprint density at radius 1 is 1.24 bits per heavy atom. The van der Waals surface area contributed by atoms with E-state index >= 15 is 0 Å². The zero-order chi connectivity index (χ0) is 12.5. The van der Waals surface area contributed by atoms with Crippen molar-refractivity contribution in [1.82, 2.24) is 0 Å². The Balaban J connectivity index is 2.41. The third kappa shape index (κ3) is 5.17. The summed E-state index contributed by atoms with van der Waals surface area (Å²) in [6.07, 6.45) is 0.933. The van der Waals surface area contributed by atoms with Crippen molar-refractivity contribution in [1.29, 1.82) is 0 Å². The van der Waals surface area contributed by atoms with E-state index in [4.69, 9.17) is 15.2 Å². The molecule has 1 unspecified atom stereocenters. The van der Waals surface area contributed by atoms with Crippen LogP contribution in [0, 0.1) is 0 Å². The lowest BCUT2D eigenvalue weighted by Gasteiger charge is -2.16. The molecule has 96 valence electrons. The second-order valence-electron chi connectivity index (χ2n) is 3.85. The molecule has 0 saturated carbocycles. The number of rotatable bonds is 8. The van der Waals surface area contributed by atoms with Crippen molar-refractivity contribution in [2.75, 3.05) is 33.5 Å². The summed E-state index contributed by atoms with van der Waals surface area (Å²) in [4.78, 5) is 0. The maximum atomic E-state index is 5.81. The summed E-state index contributed by atoms with van der Waals surface area (Å²) < 4.78 is 11.5. The second-order valence-corrected chi connectivity index (χ2v) is 4.70. The molecule has 17 heavy (non-hydrogen) atoms. The molecule has 0 aliphatic rings. The molecular formula is C13H20BrNO2. The predicted octanol–water partition coefficient (Wildman–Crippen LogP) is 2.54. The average Bonchev–Trinajstić information content (AvgIpc) is 2.35. The SMILES string of the molecule is COCCOCCC(CN)c1ccccc1Br. The molecule has 1 aromatic carbocycles. The van der Waals surface area contributed by atoms with Gasteiger partial charge < -0.3 is 15.2 Å². The molecule has 4 heteroatoms. The monoisotopic (exact) mass is 301 g/mol. The standard InChI is InChI=1S/C13H20BrNO2/c1-16-8-9-17-7-6-11(10-15)12-4-2-3-5-13(12)14/h2-5,11H,6-10,15H2,1H3. The topological polar surface area (TPSA) is 44.5 Å². The lowest BCUT2D eigenvalue weighted by Crippen LogP contribution is -2.16. The van der Waals surface area contributed by atoms with Crippen LogP contribution in [0.1, 0.15) is 17.9 Å². The highest BCUT2D eigenvalue weighted by Gasteiger charge is 2.12. The number of nitrogens with two attached hydrogens (primary N) is 1.